The van der Waals surface area contributed by atoms with Crippen LogP contribution >= 0.6 is 11.9 Å². The van der Waals surface area contributed by atoms with Crippen molar-refractivity contribution in [3.8, 4) is 11.8 Å². The van der Waals surface area contributed by atoms with Gasteiger partial charge in [-0.1, -0.05) is 6.92 Å². The number of amidine groups is 1. The molecule has 0 aliphatic carbocycles. The average molecular weight is 302 g/mol. The number of aliphatic hydroxyl groups is 1. The molecule has 0 saturated heterocycles. The Kier molecular flexibility index (Phi) is 5.71. The molecule has 0 fully saturated rings. The Balaban J connectivity index is 2.90. The van der Waals surface area contributed by atoms with Crippen LogP contribution in [0.1, 0.15) is 13.3 Å². The molecule has 1 aromatic heterocycles. The van der Waals surface area contributed by atoms with E-state index >= 15 is 0 Å². The lowest BCUT2D eigenvalue weighted by atomic mass is 10.3. The topological polar surface area (TPSA) is 135 Å². The SMILES string of the molecule is CCCN=C(C(O)C(N)=O)N(C)Sc1cc(O)[nH]c1O. The zero-order valence-electron chi connectivity index (χ0n) is 11.2. The molecule has 9 heteroatoms. The van der Waals surface area contributed by atoms with E-state index in [0.717, 1.165) is 18.4 Å². The van der Waals surface area contributed by atoms with Gasteiger partial charge in [0.25, 0.3) is 5.91 Å². The third-order valence-corrected chi connectivity index (χ3v) is 3.29. The van der Waals surface area contributed by atoms with Crippen molar-refractivity contribution in [1.82, 2.24) is 9.29 Å². The summed E-state index contributed by atoms with van der Waals surface area (Å²) in [4.78, 5) is 17.8. The fourth-order valence-corrected chi connectivity index (χ4v) is 2.24. The molecule has 0 spiro atoms. The second kappa shape index (κ2) is 7.06. The van der Waals surface area contributed by atoms with E-state index in [1.165, 1.54) is 10.4 Å². The first-order chi connectivity index (χ1) is 9.36. The van der Waals surface area contributed by atoms with E-state index < -0.39 is 12.0 Å². The Labute approximate surface area is 120 Å². The summed E-state index contributed by atoms with van der Waals surface area (Å²) in [5.74, 6) is -1.23. The predicted molar refractivity (Wildman–Crippen MR) is 75.5 cm³/mol. The molecule has 6 N–H and O–H groups in total. The number of carbonyl (C=O) groups excluding carboxylic acids is 1. The molecule has 1 unspecified atom stereocenters. The summed E-state index contributed by atoms with van der Waals surface area (Å²) >= 11 is 0.989. The Bertz CT molecular complexity index is 503. The van der Waals surface area contributed by atoms with E-state index in [-0.39, 0.29) is 17.6 Å². The van der Waals surface area contributed by atoms with Crippen LogP contribution in [-0.4, -0.2) is 56.0 Å². The van der Waals surface area contributed by atoms with Gasteiger partial charge >= 0.3 is 0 Å². The van der Waals surface area contributed by atoms with Gasteiger partial charge in [-0.25, -0.2) is 0 Å². The van der Waals surface area contributed by atoms with Crippen molar-refractivity contribution >= 4 is 23.7 Å². The van der Waals surface area contributed by atoms with Gasteiger partial charge in [0.1, 0.15) is 5.84 Å². The molecule has 0 bridgehead atoms. The summed E-state index contributed by atoms with van der Waals surface area (Å²) in [7, 11) is 1.56. The maximum atomic E-state index is 11.1. The number of aromatic nitrogens is 1. The third kappa shape index (κ3) is 4.07. The van der Waals surface area contributed by atoms with Crippen molar-refractivity contribution in [2.45, 2.75) is 24.3 Å². The molecule has 1 amide bonds. The molecule has 1 aromatic rings. The van der Waals surface area contributed by atoms with E-state index in [1.807, 2.05) is 6.92 Å². The Hall–Kier alpha value is -1.87. The number of nitrogens with one attached hydrogen (secondary N) is 1. The van der Waals surface area contributed by atoms with E-state index in [9.17, 15) is 20.1 Å². The summed E-state index contributed by atoms with van der Waals surface area (Å²) in [6.07, 6.45) is -0.794. The molecule has 0 radical (unpaired) electrons. The number of aliphatic imine (C=N–C) groups is 1. The lowest BCUT2D eigenvalue weighted by molar-refractivity contribution is -0.123. The minimum Gasteiger partial charge on any atom is -0.494 e. The summed E-state index contributed by atoms with van der Waals surface area (Å²) in [5.41, 5.74) is 5.07. The van der Waals surface area contributed by atoms with Crippen LogP contribution in [0.5, 0.6) is 11.8 Å². The minimum atomic E-state index is -1.53. The van der Waals surface area contributed by atoms with Crippen LogP contribution in [0, 0.1) is 0 Å². The van der Waals surface area contributed by atoms with Gasteiger partial charge in [0, 0.05) is 19.7 Å². The van der Waals surface area contributed by atoms with E-state index in [1.54, 1.807) is 7.05 Å². The molecule has 0 saturated carbocycles. The Morgan fingerprint density at radius 2 is 2.25 bits per heavy atom. The first-order valence-corrected chi connectivity index (χ1v) is 6.68. The predicted octanol–water partition coefficient (Wildman–Crippen LogP) is 0.0195. The molecule has 0 aliphatic heterocycles. The lowest BCUT2D eigenvalue weighted by Gasteiger charge is -2.22. The molecule has 20 heavy (non-hydrogen) atoms. The molecule has 112 valence electrons. The van der Waals surface area contributed by atoms with Crippen LogP contribution in [-0.2, 0) is 4.79 Å². The quantitative estimate of drug-likeness (QED) is 0.285. The van der Waals surface area contributed by atoms with E-state index in [0.29, 0.717) is 11.4 Å². The zero-order chi connectivity index (χ0) is 15.3. The van der Waals surface area contributed by atoms with Gasteiger partial charge in [-0.2, -0.15) is 0 Å². The number of likely N-dealkylation sites (N-methyl/N-ethyl adjacent to an activating group) is 1. The van der Waals surface area contributed by atoms with Crippen molar-refractivity contribution in [3.05, 3.63) is 6.07 Å². The number of H-pyrrole nitrogens is 1. The molecule has 0 aliphatic rings. The summed E-state index contributed by atoms with van der Waals surface area (Å²) in [6, 6.07) is 1.31. The number of amides is 1. The fraction of sp³-hybridized carbons (Fsp3) is 0.455. The van der Waals surface area contributed by atoms with Crippen LogP contribution in [0.2, 0.25) is 0 Å². The molecular formula is C11H18N4O4S. The largest absolute Gasteiger partial charge is 0.494 e. The second-order valence-electron chi connectivity index (χ2n) is 4.00. The van der Waals surface area contributed by atoms with Crippen molar-refractivity contribution in [2.75, 3.05) is 13.6 Å². The van der Waals surface area contributed by atoms with Gasteiger partial charge in [-0.05, 0) is 18.4 Å². The minimum absolute atomic E-state index is 0.0874. The number of nitrogens with zero attached hydrogens (tertiary/aromatic N) is 2. The molecule has 1 heterocycles. The number of aromatic hydroxyl groups is 2. The Morgan fingerprint density at radius 1 is 1.60 bits per heavy atom. The van der Waals surface area contributed by atoms with Crippen molar-refractivity contribution < 1.29 is 20.1 Å². The highest BCUT2D eigenvalue weighted by Gasteiger charge is 2.24. The van der Waals surface area contributed by atoms with E-state index in [4.69, 9.17) is 5.73 Å². The molecule has 1 rings (SSSR count). The van der Waals surface area contributed by atoms with Crippen LogP contribution in [0.25, 0.3) is 0 Å². The maximum Gasteiger partial charge on any atom is 0.254 e. The number of hydrogen-bond acceptors (Lipinski definition) is 6. The maximum absolute atomic E-state index is 11.1. The number of nitrogens with two attached hydrogens (primary N) is 1. The Morgan fingerprint density at radius 3 is 2.70 bits per heavy atom. The molecular weight excluding hydrogens is 284 g/mol. The van der Waals surface area contributed by atoms with Gasteiger partial charge in [0.2, 0.25) is 5.88 Å². The van der Waals surface area contributed by atoms with Crippen LogP contribution in [0.15, 0.2) is 16.0 Å². The van der Waals surface area contributed by atoms with Gasteiger partial charge in [0.15, 0.2) is 12.0 Å². The summed E-state index contributed by atoms with van der Waals surface area (Å²) < 4.78 is 1.41. The van der Waals surface area contributed by atoms with Gasteiger partial charge in [-0.3, -0.25) is 14.8 Å². The fourth-order valence-electron chi connectivity index (χ4n) is 1.39. The molecule has 1 atom stereocenters. The standard InChI is InChI=1S/C11H18N4O4S/c1-3-4-13-10(8(17)9(12)18)15(2)20-6-5-7(16)14-11(6)19/h5,8,14,16-17,19H,3-4H2,1-2H3,(H2,12,18). The number of hydrogen-bond donors (Lipinski definition) is 5. The number of carbonyl (C=O) groups is 1. The smallest absolute Gasteiger partial charge is 0.254 e. The second-order valence-corrected chi connectivity index (χ2v) is 5.17. The first-order valence-electron chi connectivity index (χ1n) is 5.91. The highest BCUT2D eigenvalue weighted by molar-refractivity contribution is 7.97. The average Bonchev–Trinajstić information content (AvgIpc) is 2.67. The van der Waals surface area contributed by atoms with Crippen molar-refractivity contribution in [2.24, 2.45) is 10.7 Å². The number of aromatic amines is 1. The lowest BCUT2D eigenvalue weighted by Crippen LogP contribution is -2.42. The normalized spacial score (nSPS) is 13.2. The molecule has 8 nitrogen and oxygen atoms in total. The number of rotatable bonds is 6. The van der Waals surface area contributed by atoms with Crippen LogP contribution < -0.4 is 5.73 Å². The highest BCUT2D eigenvalue weighted by Crippen LogP contribution is 2.33. The van der Waals surface area contributed by atoms with E-state index in [2.05, 4.69) is 9.98 Å². The number of primary amides is 1. The van der Waals surface area contributed by atoms with Gasteiger partial charge < -0.3 is 25.4 Å². The molecule has 0 aromatic carbocycles. The van der Waals surface area contributed by atoms with Gasteiger partial charge in [0.05, 0.1) is 4.90 Å². The van der Waals surface area contributed by atoms with Crippen molar-refractivity contribution in [3.63, 3.8) is 0 Å². The third-order valence-electron chi connectivity index (χ3n) is 2.32. The van der Waals surface area contributed by atoms with Crippen LogP contribution in [0.3, 0.4) is 0 Å². The van der Waals surface area contributed by atoms with Crippen molar-refractivity contribution in [1.29, 1.82) is 0 Å². The monoisotopic (exact) mass is 302 g/mol. The highest BCUT2D eigenvalue weighted by atomic mass is 32.2. The zero-order valence-corrected chi connectivity index (χ0v) is 12.0. The summed E-state index contributed by atoms with van der Waals surface area (Å²) in [5, 5.41) is 28.5. The van der Waals surface area contributed by atoms with Crippen LogP contribution in [0.4, 0.5) is 0 Å². The summed E-state index contributed by atoms with van der Waals surface area (Å²) in [6.45, 7) is 2.33. The van der Waals surface area contributed by atoms with Gasteiger partial charge in [-0.15, -0.1) is 0 Å². The number of aliphatic hydroxyl groups excluding tert-OH is 1. The first kappa shape index (κ1) is 16.2.